The van der Waals surface area contributed by atoms with Gasteiger partial charge in [-0.15, -0.1) is 10.2 Å². The summed E-state index contributed by atoms with van der Waals surface area (Å²) in [4.78, 5) is 14.3. The molecule has 1 aliphatic carbocycles. The molecule has 0 spiro atoms. The molecule has 0 bridgehead atoms. The number of aromatic nitrogens is 2. The zero-order valence-electron chi connectivity index (χ0n) is 12.2. The Bertz CT molecular complexity index is 467. The smallest absolute Gasteiger partial charge is 0.233 e. The second-order valence-corrected chi connectivity index (χ2v) is 7.93. The van der Waals surface area contributed by atoms with Crippen LogP contribution < -0.4 is 5.32 Å². The number of carbonyl (C=O) groups is 1. The summed E-state index contributed by atoms with van der Waals surface area (Å²) in [6.07, 6.45) is 8.58. The second-order valence-electron chi connectivity index (χ2n) is 5.73. The Morgan fingerprint density at radius 3 is 2.62 bits per heavy atom. The molecule has 1 aromatic heterocycles. The normalized spacial score (nSPS) is 19.9. The molecule has 1 saturated heterocycles. The maximum Gasteiger partial charge on any atom is 0.233 e. The fourth-order valence-corrected chi connectivity index (χ4v) is 4.17. The third-order valence-corrected chi connectivity index (χ3v) is 5.81. The van der Waals surface area contributed by atoms with E-state index in [2.05, 4.69) is 15.5 Å². The van der Waals surface area contributed by atoms with Gasteiger partial charge in [-0.25, -0.2) is 0 Å². The highest BCUT2D eigenvalue weighted by Crippen LogP contribution is 2.30. The van der Waals surface area contributed by atoms with Crippen LogP contribution in [-0.2, 0) is 4.79 Å². The molecular formula is C14H22N4OS2. The van der Waals surface area contributed by atoms with Gasteiger partial charge in [-0.2, -0.15) is 0 Å². The van der Waals surface area contributed by atoms with Gasteiger partial charge in [-0.05, 0) is 25.7 Å². The molecule has 7 heteroatoms. The number of likely N-dealkylation sites (tertiary alicyclic amines) is 1. The lowest BCUT2D eigenvalue weighted by molar-refractivity contribution is -0.128. The maximum absolute atomic E-state index is 12.3. The SMILES string of the molecule is O=C(CSc1nnc(NC2CC2)s1)N1CCCCCCC1. The fraction of sp³-hybridized carbons (Fsp3) is 0.786. The molecule has 1 aromatic rings. The van der Waals surface area contributed by atoms with Crippen LogP contribution in [0.5, 0.6) is 0 Å². The minimum absolute atomic E-state index is 0.244. The third kappa shape index (κ3) is 4.85. The molecular weight excluding hydrogens is 304 g/mol. The first kappa shape index (κ1) is 15.1. The van der Waals surface area contributed by atoms with Crippen molar-refractivity contribution >= 4 is 34.1 Å². The van der Waals surface area contributed by atoms with Gasteiger partial charge >= 0.3 is 0 Å². The van der Waals surface area contributed by atoms with Crippen molar-refractivity contribution in [3.05, 3.63) is 0 Å². The van der Waals surface area contributed by atoms with E-state index in [1.165, 1.54) is 43.9 Å². The highest BCUT2D eigenvalue weighted by atomic mass is 32.2. The van der Waals surface area contributed by atoms with Crippen molar-refractivity contribution in [3.8, 4) is 0 Å². The number of rotatable bonds is 5. The molecule has 0 atom stereocenters. The first-order valence-electron chi connectivity index (χ1n) is 7.82. The highest BCUT2D eigenvalue weighted by Gasteiger charge is 2.22. The molecule has 2 fully saturated rings. The number of anilines is 1. The summed E-state index contributed by atoms with van der Waals surface area (Å²) in [7, 11) is 0. The molecule has 2 aliphatic rings. The molecule has 3 rings (SSSR count). The van der Waals surface area contributed by atoms with Crippen LogP contribution in [0.1, 0.15) is 44.9 Å². The summed E-state index contributed by atoms with van der Waals surface area (Å²) in [5, 5.41) is 12.5. The van der Waals surface area contributed by atoms with Gasteiger partial charge in [-0.1, -0.05) is 42.4 Å². The minimum atomic E-state index is 0.244. The lowest BCUT2D eigenvalue weighted by atomic mass is 10.1. The summed E-state index contributed by atoms with van der Waals surface area (Å²) in [5.41, 5.74) is 0. The second kappa shape index (κ2) is 7.45. The summed E-state index contributed by atoms with van der Waals surface area (Å²) in [6, 6.07) is 0.596. The molecule has 0 radical (unpaired) electrons. The van der Waals surface area contributed by atoms with Crippen LogP contribution in [0.25, 0.3) is 0 Å². The van der Waals surface area contributed by atoms with Crippen LogP contribution in [0.15, 0.2) is 4.34 Å². The number of thioether (sulfide) groups is 1. The molecule has 21 heavy (non-hydrogen) atoms. The van der Waals surface area contributed by atoms with Crippen molar-refractivity contribution in [3.63, 3.8) is 0 Å². The average Bonchev–Trinajstić information content (AvgIpc) is 3.13. The van der Waals surface area contributed by atoms with Crippen molar-refractivity contribution in [2.45, 2.75) is 55.3 Å². The lowest BCUT2D eigenvalue weighted by Gasteiger charge is -2.24. The average molecular weight is 326 g/mol. The van der Waals surface area contributed by atoms with Crippen LogP contribution in [0.3, 0.4) is 0 Å². The van der Waals surface area contributed by atoms with Crippen LogP contribution in [-0.4, -0.2) is 45.9 Å². The quantitative estimate of drug-likeness (QED) is 0.843. The Kier molecular flexibility index (Phi) is 5.35. The van der Waals surface area contributed by atoms with Crippen LogP contribution >= 0.6 is 23.1 Å². The Morgan fingerprint density at radius 2 is 1.90 bits per heavy atom. The first-order chi connectivity index (χ1) is 10.3. The molecule has 0 aromatic carbocycles. The van der Waals surface area contributed by atoms with E-state index in [1.54, 1.807) is 11.3 Å². The zero-order chi connectivity index (χ0) is 14.5. The molecule has 2 heterocycles. The maximum atomic E-state index is 12.3. The van der Waals surface area contributed by atoms with Gasteiger partial charge < -0.3 is 10.2 Å². The lowest BCUT2D eigenvalue weighted by Crippen LogP contribution is -2.35. The summed E-state index contributed by atoms with van der Waals surface area (Å²) < 4.78 is 0.888. The number of hydrogen-bond donors (Lipinski definition) is 1. The van der Waals surface area contributed by atoms with Gasteiger partial charge in [0, 0.05) is 19.1 Å². The number of carbonyl (C=O) groups excluding carboxylic acids is 1. The van der Waals surface area contributed by atoms with Crippen molar-refractivity contribution < 1.29 is 4.79 Å². The monoisotopic (exact) mass is 326 g/mol. The van der Waals surface area contributed by atoms with Gasteiger partial charge in [0.25, 0.3) is 0 Å². The van der Waals surface area contributed by atoms with Crippen molar-refractivity contribution in [1.29, 1.82) is 0 Å². The summed E-state index contributed by atoms with van der Waals surface area (Å²) >= 11 is 3.07. The van der Waals surface area contributed by atoms with E-state index in [0.717, 1.165) is 35.4 Å². The summed E-state index contributed by atoms with van der Waals surface area (Å²) in [6.45, 7) is 1.84. The summed E-state index contributed by atoms with van der Waals surface area (Å²) in [5.74, 6) is 0.728. The largest absolute Gasteiger partial charge is 0.357 e. The molecule has 1 amide bonds. The van der Waals surface area contributed by atoms with Crippen molar-refractivity contribution in [2.24, 2.45) is 0 Å². The number of hydrogen-bond acceptors (Lipinski definition) is 6. The van der Waals surface area contributed by atoms with Crippen molar-refractivity contribution in [2.75, 3.05) is 24.2 Å². The van der Waals surface area contributed by atoms with Crippen LogP contribution in [0.2, 0.25) is 0 Å². The van der Waals surface area contributed by atoms with Gasteiger partial charge in [-0.3, -0.25) is 4.79 Å². The minimum Gasteiger partial charge on any atom is -0.357 e. The predicted octanol–water partition coefficient (Wildman–Crippen LogP) is 3.00. The topological polar surface area (TPSA) is 58.1 Å². The van der Waals surface area contributed by atoms with Gasteiger partial charge in [0.2, 0.25) is 11.0 Å². The predicted molar refractivity (Wildman–Crippen MR) is 86.9 cm³/mol. The van der Waals surface area contributed by atoms with Crippen molar-refractivity contribution in [1.82, 2.24) is 15.1 Å². The Labute approximate surface area is 133 Å². The number of nitrogens with zero attached hydrogens (tertiary/aromatic N) is 3. The van der Waals surface area contributed by atoms with E-state index in [0.29, 0.717) is 11.8 Å². The van der Waals surface area contributed by atoms with E-state index < -0.39 is 0 Å². The van der Waals surface area contributed by atoms with Gasteiger partial charge in [0.05, 0.1) is 5.75 Å². The van der Waals surface area contributed by atoms with Crippen LogP contribution in [0, 0.1) is 0 Å². The Hall–Kier alpha value is -0.820. The highest BCUT2D eigenvalue weighted by molar-refractivity contribution is 8.01. The van der Waals surface area contributed by atoms with E-state index >= 15 is 0 Å². The number of amides is 1. The van der Waals surface area contributed by atoms with E-state index in [9.17, 15) is 4.79 Å². The Morgan fingerprint density at radius 1 is 1.19 bits per heavy atom. The van der Waals surface area contributed by atoms with E-state index in [1.807, 2.05) is 4.90 Å². The van der Waals surface area contributed by atoms with E-state index in [4.69, 9.17) is 0 Å². The molecule has 1 N–H and O–H groups in total. The fourth-order valence-electron chi connectivity index (χ4n) is 2.44. The number of nitrogens with one attached hydrogen (secondary N) is 1. The molecule has 1 saturated carbocycles. The standard InChI is InChI=1S/C14H22N4OS2/c19-12(18-8-4-2-1-3-5-9-18)10-20-14-17-16-13(21-14)15-11-6-7-11/h11H,1-10H2,(H,15,16). The molecule has 116 valence electrons. The van der Waals surface area contributed by atoms with Gasteiger partial charge in [0.15, 0.2) is 4.34 Å². The Balaban J connectivity index is 1.44. The third-order valence-electron chi connectivity index (χ3n) is 3.84. The van der Waals surface area contributed by atoms with E-state index in [-0.39, 0.29) is 5.91 Å². The molecule has 1 aliphatic heterocycles. The first-order valence-corrected chi connectivity index (χ1v) is 9.62. The molecule has 0 unspecified atom stereocenters. The molecule has 5 nitrogen and oxygen atoms in total. The zero-order valence-corrected chi connectivity index (χ0v) is 13.8. The van der Waals surface area contributed by atoms with Gasteiger partial charge in [0.1, 0.15) is 0 Å². The van der Waals surface area contributed by atoms with Crippen LogP contribution in [0.4, 0.5) is 5.13 Å².